The zero-order valence-electron chi connectivity index (χ0n) is 9.18. The van der Waals surface area contributed by atoms with Crippen molar-refractivity contribution in [3.05, 3.63) is 42.5 Å². The Bertz CT molecular complexity index is 422. The summed E-state index contributed by atoms with van der Waals surface area (Å²) in [5, 5.41) is 3.33. The summed E-state index contributed by atoms with van der Waals surface area (Å²) in [6.07, 6.45) is 4.26. The Kier molecular flexibility index (Phi) is 3.10. The van der Waals surface area contributed by atoms with Gasteiger partial charge in [0, 0.05) is 12.5 Å². The number of rotatable bonds is 4. The van der Waals surface area contributed by atoms with E-state index < -0.39 is 0 Å². The number of pyridine rings is 1. The molecule has 0 aromatic carbocycles. The van der Waals surface area contributed by atoms with Crippen molar-refractivity contribution in [2.45, 2.75) is 19.4 Å². The molecule has 4 heteroatoms. The highest BCUT2D eigenvalue weighted by molar-refractivity contribution is 5.45. The number of nitrogens with one attached hydrogen (secondary N) is 1. The molecule has 2 rings (SSSR count). The van der Waals surface area contributed by atoms with E-state index in [-0.39, 0.29) is 6.04 Å². The highest BCUT2D eigenvalue weighted by Crippen LogP contribution is 2.11. The molecule has 0 spiro atoms. The molecule has 4 nitrogen and oxygen atoms in total. The molecule has 1 atom stereocenters. The molecule has 0 aliphatic heterocycles. The normalized spacial score (nSPS) is 12.3. The SMILES string of the molecule is CC(Cc1ccco1)Nc1ccc(N)nc1. The summed E-state index contributed by atoms with van der Waals surface area (Å²) in [5.74, 6) is 1.51. The van der Waals surface area contributed by atoms with Crippen LogP contribution in [0.1, 0.15) is 12.7 Å². The van der Waals surface area contributed by atoms with Gasteiger partial charge >= 0.3 is 0 Å². The average Bonchev–Trinajstić information content (AvgIpc) is 2.74. The van der Waals surface area contributed by atoms with Gasteiger partial charge in [0.25, 0.3) is 0 Å². The number of aromatic nitrogens is 1. The monoisotopic (exact) mass is 217 g/mol. The first-order valence-electron chi connectivity index (χ1n) is 5.24. The van der Waals surface area contributed by atoms with E-state index in [0.717, 1.165) is 17.9 Å². The van der Waals surface area contributed by atoms with E-state index in [1.54, 1.807) is 18.5 Å². The Labute approximate surface area is 94.5 Å². The Morgan fingerprint density at radius 2 is 2.31 bits per heavy atom. The minimum absolute atomic E-state index is 0.288. The molecule has 0 saturated carbocycles. The van der Waals surface area contributed by atoms with Gasteiger partial charge < -0.3 is 15.5 Å². The Morgan fingerprint density at radius 3 is 2.94 bits per heavy atom. The van der Waals surface area contributed by atoms with Crippen LogP contribution in [-0.2, 0) is 6.42 Å². The van der Waals surface area contributed by atoms with Crippen molar-refractivity contribution in [3.8, 4) is 0 Å². The zero-order valence-corrected chi connectivity index (χ0v) is 9.18. The predicted molar refractivity (Wildman–Crippen MR) is 64.1 cm³/mol. The van der Waals surface area contributed by atoms with E-state index in [4.69, 9.17) is 10.2 Å². The molecule has 0 aliphatic carbocycles. The van der Waals surface area contributed by atoms with Gasteiger partial charge in [0.05, 0.1) is 18.1 Å². The maximum Gasteiger partial charge on any atom is 0.123 e. The molecule has 0 amide bonds. The van der Waals surface area contributed by atoms with Gasteiger partial charge in [0.15, 0.2) is 0 Å². The fraction of sp³-hybridized carbons (Fsp3) is 0.250. The molecule has 3 N–H and O–H groups in total. The van der Waals surface area contributed by atoms with Gasteiger partial charge in [-0.25, -0.2) is 4.98 Å². The number of nitrogens with two attached hydrogens (primary N) is 1. The van der Waals surface area contributed by atoms with Crippen LogP contribution in [0.3, 0.4) is 0 Å². The first-order chi connectivity index (χ1) is 7.74. The summed E-state index contributed by atoms with van der Waals surface area (Å²) < 4.78 is 5.29. The second-order valence-electron chi connectivity index (χ2n) is 3.80. The highest BCUT2D eigenvalue weighted by atomic mass is 16.3. The Balaban J connectivity index is 1.92. The third-order valence-electron chi connectivity index (χ3n) is 2.29. The lowest BCUT2D eigenvalue weighted by atomic mass is 10.2. The smallest absolute Gasteiger partial charge is 0.123 e. The summed E-state index contributed by atoms with van der Waals surface area (Å²) in [5.41, 5.74) is 6.48. The lowest BCUT2D eigenvalue weighted by Crippen LogP contribution is -2.17. The number of nitrogens with zero attached hydrogens (tertiary/aromatic N) is 1. The lowest BCUT2D eigenvalue weighted by Gasteiger charge is -2.13. The Hall–Kier alpha value is -1.97. The molecule has 2 aromatic heterocycles. The van der Waals surface area contributed by atoms with Gasteiger partial charge in [-0.3, -0.25) is 0 Å². The van der Waals surface area contributed by atoms with Crippen LogP contribution in [0.25, 0.3) is 0 Å². The summed E-state index contributed by atoms with van der Waals surface area (Å²) >= 11 is 0. The van der Waals surface area contributed by atoms with E-state index in [1.165, 1.54) is 0 Å². The van der Waals surface area contributed by atoms with Crippen molar-refractivity contribution >= 4 is 11.5 Å². The van der Waals surface area contributed by atoms with E-state index in [0.29, 0.717) is 5.82 Å². The van der Waals surface area contributed by atoms with Crippen molar-refractivity contribution in [1.29, 1.82) is 0 Å². The van der Waals surface area contributed by atoms with Crippen LogP contribution in [0.4, 0.5) is 11.5 Å². The van der Waals surface area contributed by atoms with E-state index >= 15 is 0 Å². The first kappa shape index (κ1) is 10.5. The van der Waals surface area contributed by atoms with Gasteiger partial charge in [-0.1, -0.05) is 0 Å². The van der Waals surface area contributed by atoms with E-state index in [9.17, 15) is 0 Å². The first-order valence-corrected chi connectivity index (χ1v) is 5.24. The average molecular weight is 217 g/mol. The second-order valence-corrected chi connectivity index (χ2v) is 3.80. The van der Waals surface area contributed by atoms with Crippen molar-refractivity contribution in [1.82, 2.24) is 4.98 Å². The predicted octanol–water partition coefficient (Wildman–Crippen LogP) is 2.30. The molecule has 0 aliphatic rings. The van der Waals surface area contributed by atoms with E-state index in [1.807, 2.05) is 18.2 Å². The van der Waals surface area contributed by atoms with Crippen molar-refractivity contribution < 1.29 is 4.42 Å². The molecule has 0 saturated heterocycles. The number of furan rings is 1. The number of nitrogen functional groups attached to an aromatic ring is 1. The molecule has 1 unspecified atom stereocenters. The van der Waals surface area contributed by atoms with Gasteiger partial charge in [-0.15, -0.1) is 0 Å². The van der Waals surface area contributed by atoms with Crippen LogP contribution in [0.15, 0.2) is 41.1 Å². The molecule has 2 aromatic rings. The molecular weight excluding hydrogens is 202 g/mol. The number of anilines is 2. The molecule has 0 bridgehead atoms. The van der Waals surface area contributed by atoms with Crippen LogP contribution >= 0.6 is 0 Å². The van der Waals surface area contributed by atoms with Gasteiger partial charge in [-0.2, -0.15) is 0 Å². The molecule has 0 radical (unpaired) electrons. The Morgan fingerprint density at radius 1 is 1.44 bits per heavy atom. The summed E-state index contributed by atoms with van der Waals surface area (Å²) in [7, 11) is 0. The van der Waals surface area contributed by atoms with Gasteiger partial charge in [0.1, 0.15) is 11.6 Å². The fourth-order valence-corrected chi connectivity index (χ4v) is 1.56. The molecule has 84 valence electrons. The van der Waals surface area contributed by atoms with Gasteiger partial charge in [0.2, 0.25) is 0 Å². The minimum atomic E-state index is 0.288. The van der Waals surface area contributed by atoms with Crippen molar-refractivity contribution in [2.75, 3.05) is 11.1 Å². The van der Waals surface area contributed by atoms with Crippen molar-refractivity contribution in [3.63, 3.8) is 0 Å². The standard InChI is InChI=1S/C12H15N3O/c1-9(7-11-3-2-6-16-11)15-10-4-5-12(13)14-8-10/h2-6,8-9,15H,7H2,1H3,(H2,13,14). The second kappa shape index (κ2) is 4.70. The van der Waals surface area contributed by atoms with Gasteiger partial charge in [-0.05, 0) is 31.2 Å². The third-order valence-corrected chi connectivity index (χ3v) is 2.29. The van der Waals surface area contributed by atoms with Crippen molar-refractivity contribution in [2.24, 2.45) is 0 Å². The summed E-state index contributed by atoms with van der Waals surface area (Å²) in [6, 6.07) is 7.85. The zero-order chi connectivity index (χ0) is 11.4. The maximum absolute atomic E-state index is 5.51. The maximum atomic E-state index is 5.51. The third kappa shape index (κ3) is 2.76. The van der Waals surface area contributed by atoms with Crippen LogP contribution in [0, 0.1) is 0 Å². The highest BCUT2D eigenvalue weighted by Gasteiger charge is 2.05. The van der Waals surface area contributed by atoms with Crippen LogP contribution in [0.5, 0.6) is 0 Å². The van der Waals surface area contributed by atoms with Crippen LogP contribution in [0.2, 0.25) is 0 Å². The fourth-order valence-electron chi connectivity index (χ4n) is 1.56. The molecular formula is C12H15N3O. The number of hydrogen-bond acceptors (Lipinski definition) is 4. The van der Waals surface area contributed by atoms with E-state index in [2.05, 4.69) is 17.2 Å². The molecule has 2 heterocycles. The largest absolute Gasteiger partial charge is 0.469 e. The van der Waals surface area contributed by atoms with Crippen LogP contribution < -0.4 is 11.1 Å². The number of hydrogen-bond donors (Lipinski definition) is 2. The topological polar surface area (TPSA) is 64.1 Å². The molecule has 0 fully saturated rings. The van der Waals surface area contributed by atoms with Crippen LogP contribution in [-0.4, -0.2) is 11.0 Å². The minimum Gasteiger partial charge on any atom is -0.469 e. The quantitative estimate of drug-likeness (QED) is 0.824. The lowest BCUT2D eigenvalue weighted by molar-refractivity contribution is 0.498. The summed E-state index contributed by atoms with van der Waals surface area (Å²) in [4.78, 5) is 4.02. The summed E-state index contributed by atoms with van der Waals surface area (Å²) in [6.45, 7) is 2.10. The molecule has 16 heavy (non-hydrogen) atoms.